The lowest BCUT2D eigenvalue weighted by Crippen LogP contribution is -2.30. The van der Waals surface area contributed by atoms with Gasteiger partial charge in [0, 0.05) is 19.3 Å². The monoisotopic (exact) mass is 1040 g/mol. The molecule has 6 nitrogen and oxygen atoms in total. The summed E-state index contributed by atoms with van der Waals surface area (Å²) in [6.45, 7) is 6.40. The van der Waals surface area contributed by atoms with Gasteiger partial charge in [-0.05, 0) is 109 Å². The standard InChI is InChI=1S/C69H116O6/c1-4-7-10-13-16-19-22-25-27-29-31-32-33-34-35-36-38-39-41-44-47-50-53-56-59-62-68(71)74-65-66(64-73-67(70)61-58-55-52-49-46-43-24-21-18-15-12-9-6-3)75-69(72)63-60-57-54-51-48-45-42-40-37-30-28-26-23-20-17-14-11-8-5-2/h8,11-12,15,17,20-21,24,26,28-29,31,37,40,45,48,54,57,66H,4-7,9-10,13-14,16,18-19,22-23,25,27,30,32-36,38-39,41-44,46-47,49-53,55-56,58-65H2,1-3H3/b11-8-,15-12-,20-17-,24-21-,28-26-,31-29-,40-37-,48-45-,57-54-. The van der Waals surface area contributed by atoms with Crippen LogP contribution in [0.5, 0.6) is 0 Å². The van der Waals surface area contributed by atoms with Crippen LogP contribution in [0, 0.1) is 0 Å². The molecule has 0 N–H and O–H groups in total. The Morgan fingerprint density at radius 1 is 0.280 bits per heavy atom. The van der Waals surface area contributed by atoms with Gasteiger partial charge < -0.3 is 14.2 Å². The number of rotatable bonds is 56. The van der Waals surface area contributed by atoms with E-state index in [2.05, 4.69) is 124 Å². The molecule has 0 saturated heterocycles. The Morgan fingerprint density at radius 2 is 0.573 bits per heavy atom. The normalized spacial score (nSPS) is 12.8. The maximum Gasteiger partial charge on any atom is 0.306 e. The molecule has 0 spiro atoms. The highest BCUT2D eigenvalue weighted by molar-refractivity contribution is 5.71. The summed E-state index contributed by atoms with van der Waals surface area (Å²) in [6, 6.07) is 0. The molecule has 0 heterocycles. The van der Waals surface area contributed by atoms with Crippen molar-refractivity contribution in [2.24, 2.45) is 0 Å². The van der Waals surface area contributed by atoms with Gasteiger partial charge in [0.2, 0.25) is 0 Å². The Labute approximate surface area is 463 Å². The molecule has 0 aliphatic rings. The molecule has 0 amide bonds. The van der Waals surface area contributed by atoms with Gasteiger partial charge in [0.15, 0.2) is 6.10 Å². The minimum Gasteiger partial charge on any atom is -0.462 e. The van der Waals surface area contributed by atoms with Crippen LogP contribution >= 0.6 is 0 Å². The number of hydrogen-bond donors (Lipinski definition) is 0. The lowest BCUT2D eigenvalue weighted by molar-refractivity contribution is -0.166. The number of esters is 3. The van der Waals surface area contributed by atoms with E-state index in [1.807, 2.05) is 6.08 Å². The van der Waals surface area contributed by atoms with Gasteiger partial charge in [0.05, 0.1) is 0 Å². The third-order valence-electron chi connectivity index (χ3n) is 13.2. The summed E-state index contributed by atoms with van der Waals surface area (Å²) in [4.78, 5) is 38.2. The van der Waals surface area contributed by atoms with Crippen LogP contribution in [-0.2, 0) is 28.6 Å². The maximum atomic E-state index is 12.9. The van der Waals surface area contributed by atoms with E-state index in [4.69, 9.17) is 14.2 Å². The molecular weight excluding hydrogens is 925 g/mol. The first-order valence-electron chi connectivity index (χ1n) is 31.4. The van der Waals surface area contributed by atoms with E-state index in [1.54, 1.807) is 0 Å². The molecular formula is C69H116O6. The molecule has 6 heteroatoms. The van der Waals surface area contributed by atoms with E-state index in [-0.39, 0.29) is 31.6 Å². The average Bonchev–Trinajstić information content (AvgIpc) is 3.41. The summed E-state index contributed by atoms with van der Waals surface area (Å²) in [6.07, 6.45) is 85.4. The van der Waals surface area contributed by atoms with Crippen molar-refractivity contribution in [2.75, 3.05) is 13.2 Å². The van der Waals surface area contributed by atoms with Crippen LogP contribution in [0.25, 0.3) is 0 Å². The van der Waals surface area contributed by atoms with Crippen molar-refractivity contribution in [3.8, 4) is 0 Å². The van der Waals surface area contributed by atoms with E-state index < -0.39 is 12.1 Å². The van der Waals surface area contributed by atoms with Crippen LogP contribution in [0.3, 0.4) is 0 Å². The van der Waals surface area contributed by atoms with Crippen molar-refractivity contribution in [3.63, 3.8) is 0 Å². The average molecular weight is 1040 g/mol. The number of allylic oxidation sites excluding steroid dienone is 18. The molecule has 428 valence electrons. The van der Waals surface area contributed by atoms with Gasteiger partial charge in [-0.1, -0.05) is 271 Å². The number of ether oxygens (including phenoxy) is 3. The molecule has 0 radical (unpaired) electrons. The number of hydrogen-bond acceptors (Lipinski definition) is 6. The van der Waals surface area contributed by atoms with Crippen molar-refractivity contribution in [2.45, 2.75) is 297 Å². The molecule has 0 aromatic heterocycles. The Bertz CT molecular complexity index is 1520. The van der Waals surface area contributed by atoms with Crippen LogP contribution in [0.2, 0.25) is 0 Å². The summed E-state index contributed by atoms with van der Waals surface area (Å²) < 4.78 is 16.8. The first-order chi connectivity index (χ1) is 37.0. The zero-order chi connectivity index (χ0) is 54.3. The van der Waals surface area contributed by atoms with Gasteiger partial charge in [0.1, 0.15) is 13.2 Å². The summed E-state index contributed by atoms with van der Waals surface area (Å²) in [5, 5.41) is 0. The highest BCUT2D eigenvalue weighted by Gasteiger charge is 2.19. The lowest BCUT2D eigenvalue weighted by Gasteiger charge is -2.18. The third kappa shape index (κ3) is 60.8. The SMILES string of the molecule is CC/C=C\C/C=C\C/C=C\C/C=C\C/C=C\C/C=C\CCC(=O)OC(COC(=O)CCCCCCC/C=C\C/C=C\CCC)COC(=O)CCCCCCCCCCCCCCC/C=C\CCCCCCCCCC. The molecule has 0 saturated carbocycles. The Hall–Kier alpha value is -3.93. The quantitative estimate of drug-likeness (QED) is 0.0261. The van der Waals surface area contributed by atoms with E-state index >= 15 is 0 Å². The van der Waals surface area contributed by atoms with Crippen LogP contribution < -0.4 is 0 Å². The zero-order valence-electron chi connectivity index (χ0n) is 49.0. The van der Waals surface area contributed by atoms with E-state index in [1.165, 1.54) is 135 Å². The number of carbonyl (C=O) groups excluding carboxylic acids is 3. The fraction of sp³-hybridized carbons (Fsp3) is 0.696. The van der Waals surface area contributed by atoms with Gasteiger partial charge in [-0.2, -0.15) is 0 Å². The van der Waals surface area contributed by atoms with Gasteiger partial charge in [0.25, 0.3) is 0 Å². The molecule has 1 unspecified atom stereocenters. The van der Waals surface area contributed by atoms with Crippen molar-refractivity contribution in [3.05, 3.63) is 109 Å². The minimum absolute atomic E-state index is 0.113. The Balaban J connectivity index is 4.39. The summed E-state index contributed by atoms with van der Waals surface area (Å²) in [5.41, 5.74) is 0. The fourth-order valence-electron chi connectivity index (χ4n) is 8.56. The molecule has 0 rings (SSSR count). The predicted molar refractivity (Wildman–Crippen MR) is 325 cm³/mol. The van der Waals surface area contributed by atoms with Gasteiger partial charge in [-0.3, -0.25) is 14.4 Å². The second-order valence-corrected chi connectivity index (χ2v) is 20.6. The highest BCUT2D eigenvalue weighted by Crippen LogP contribution is 2.16. The van der Waals surface area contributed by atoms with Crippen molar-refractivity contribution >= 4 is 17.9 Å². The largest absolute Gasteiger partial charge is 0.462 e. The van der Waals surface area contributed by atoms with E-state index in [9.17, 15) is 14.4 Å². The Morgan fingerprint density at radius 3 is 0.933 bits per heavy atom. The maximum absolute atomic E-state index is 12.9. The topological polar surface area (TPSA) is 78.9 Å². The van der Waals surface area contributed by atoms with Crippen molar-refractivity contribution in [1.82, 2.24) is 0 Å². The second-order valence-electron chi connectivity index (χ2n) is 20.6. The van der Waals surface area contributed by atoms with Crippen LogP contribution in [-0.4, -0.2) is 37.2 Å². The molecule has 75 heavy (non-hydrogen) atoms. The first kappa shape index (κ1) is 71.1. The Kier molecular flexibility index (Phi) is 59.3. The number of unbranched alkanes of at least 4 members (excludes halogenated alkanes) is 27. The van der Waals surface area contributed by atoms with Crippen LogP contribution in [0.15, 0.2) is 109 Å². The van der Waals surface area contributed by atoms with E-state index in [0.717, 1.165) is 109 Å². The van der Waals surface area contributed by atoms with Gasteiger partial charge in [-0.25, -0.2) is 0 Å². The van der Waals surface area contributed by atoms with Crippen LogP contribution in [0.4, 0.5) is 0 Å². The predicted octanol–water partition coefficient (Wildman–Crippen LogP) is 21.4. The van der Waals surface area contributed by atoms with Gasteiger partial charge >= 0.3 is 17.9 Å². The molecule has 0 fully saturated rings. The third-order valence-corrected chi connectivity index (χ3v) is 13.2. The molecule has 0 aromatic rings. The molecule has 0 bridgehead atoms. The van der Waals surface area contributed by atoms with E-state index in [0.29, 0.717) is 19.3 Å². The fourth-order valence-corrected chi connectivity index (χ4v) is 8.56. The zero-order valence-corrected chi connectivity index (χ0v) is 49.0. The van der Waals surface area contributed by atoms with Gasteiger partial charge in [-0.15, -0.1) is 0 Å². The molecule has 0 aliphatic heterocycles. The number of carbonyl (C=O) groups is 3. The molecule has 0 aromatic carbocycles. The molecule has 0 aliphatic carbocycles. The summed E-state index contributed by atoms with van der Waals surface area (Å²) >= 11 is 0. The lowest BCUT2D eigenvalue weighted by atomic mass is 10.0. The summed E-state index contributed by atoms with van der Waals surface area (Å²) in [5.74, 6) is -1.01. The van der Waals surface area contributed by atoms with Crippen molar-refractivity contribution < 1.29 is 28.6 Å². The second kappa shape index (κ2) is 62.6. The highest BCUT2D eigenvalue weighted by atomic mass is 16.6. The van der Waals surface area contributed by atoms with Crippen molar-refractivity contribution in [1.29, 1.82) is 0 Å². The van der Waals surface area contributed by atoms with Crippen LogP contribution in [0.1, 0.15) is 290 Å². The molecule has 1 atom stereocenters. The minimum atomic E-state index is -0.827. The summed E-state index contributed by atoms with van der Waals surface area (Å²) in [7, 11) is 0. The first-order valence-corrected chi connectivity index (χ1v) is 31.4. The smallest absolute Gasteiger partial charge is 0.306 e.